The van der Waals surface area contributed by atoms with E-state index in [-0.39, 0.29) is 5.78 Å². The Hall–Kier alpha value is -2.94. The predicted octanol–water partition coefficient (Wildman–Crippen LogP) is 4.06. The van der Waals surface area contributed by atoms with E-state index in [4.69, 9.17) is 4.74 Å². The number of carbonyl (C=O) groups is 2. The van der Waals surface area contributed by atoms with Crippen LogP contribution in [0, 0.1) is 0 Å². The lowest BCUT2D eigenvalue weighted by atomic mass is 10.1. The summed E-state index contributed by atoms with van der Waals surface area (Å²) in [6.07, 6.45) is 3.24. The van der Waals surface area contributed by atoms with Crippen molar-refractivity contribution in [2.75, 3.05) is 0 Å². The minimum absolute atomic E-state index is 0.0570. The number of allylic oxidation sites excluding steroid dienone is 1. The van der Waals surface area contributed by atoms with Crippen LogP contribution in [0.4, 0.5) is 0 Å². The Bertz CT molecular complexity index is 710. The van der Waals surface area contributed by atoms with E-state index in [9.17, 15) is 9.59 Å². The van der Waals surface area contributed by atoms with Gasteiger partial charge in [0.15, 0.2) is 5.78 Å². The van der Waals surface area contributed by atoms with Gasteiger partial charge < -0.3 is 4.74 Å². The number of ether oxygens (including phenoxy) is 1. The molecule has 2 aromatic carbocycles. The van der Waals surface area contributed by atoms with Gasteiger partial charge in [0.05, 0.1) is 0 Å². The fraction of sp³-hybridized carbons (Fsp3) is 0.0526. The first-order chi connectivity index (χ1) is 10.6. The van der Waals surface area contributed by atoms with Gasteiger partial charge in [-0.2, -0.15) is 0 Å². The van der Waals surface area contributed by atoms with Crippen LogP contribution in [0.15, 0.2) is 72.8 Å². The quantitative estimate of drug-likeness (QED) is 0.361. The summed E-state index contributed by atoms with van der Waals surface area (Å²) in [6, 6.07) is 16.0. The van der Waals surface area contributed by atoms with Gasteiger partial charge in [0.2, 0.25) is 0 Å². The third-order valence-electron chi connectivity index (χ3n) is 2.92. The lowest BCUT2D eigenvalue weighted by Crippen LogP contribution is -2.07. The van der Waals surface area contributed by atoms with E-state index in [1.807, 2.05) is 18.2 Å². The molecule has 0 unspecified atom stereocenters. The smallest absolute Gasteiger partial charge is 0.338 e. The fourth-order valence-corrected chi connectivity index (χ4v) is 1.71. The van der Waals surface area contributed by atoms with Crippen molar-refractivity contribution in [1.82, 2.24) is 0 Å². The maximum absolute atomic E-state index is 11.9. The van der Waals surface area contributed by atoms with Gasteiger partial charge in [0, 0.05) is 11.1 Å². The number of esters is 1. The van der Waals surface area contributed by atoms with Crippen LogP contribution < -0.4 is 4.74 Å². The normalized spacial score (nSPS) is 10.4. The van der Waals surface area contributed by atoms with E-state index < -0.39 is 5.97 Å². The summed E-state index contributed by atoms with van der Waals surface area (Å²) in [4.78, 5) is 23.3. The van der Waals surface area contributed by atoms with Crippen LogP contribution in [0.5, 0.6) is 5.75 Å². The van der Waals surface area contributed by atoms with Crippen LogP contribution in [0.3, 0.4) is 0 Å². The third kappa shape index (κ3) is 4.28. The topological polar surface area (TPSA) is 43.4 Å². The molecule has 0 aromatic heterocycles. The molecule has 0 heterocycles. The molecule has 0 fully saturated rings. The van der Waals surface area contributed by atoms with Gasteiger partial charge >= 0.3 is 5.97 Å². The van der Waals surface area contributed by atoms with Gasteiger partial charge in [0.25, 0.3) is 0 Å². The highest BCUT2D eigenvalue weighted by Gasteiger charge is 2.04. The van der Waals surface area contributed by atoms with Crippen LogP contribution >= 0.6 is 0 Å². The highest BCUT2D eigenvalue weighted by molar-refractivity contribution is 6.06. The predicted molar refractivity (Wildman–Crippen MR) is 86.7 cm³/mol. The van der Waals surface area contributed by atoms with Crippen LogP contribution in [0.25, 0.3) is 6.08 Å². The van der Waals surface area contributed by atoms with E-state index in [1.54, 1.807) is 49.4 Å². The van der Waals surface area contributed by atoms with Gasteiger partial charge in [0.1, 0.15) is 5.75 Å². The van der Waals surface area contributed by atoms with Crippen molar-refractivity contribution in [2.24, 2.45) is 0 Å². The summed E-state index contributed by atoms with van der Waals surface area (Å²) in [6.45, 7) is 5.12. The number of hydrogen-bond acceptors (Lipinski definition) is 3. The Morgan fingerprint density at radius 3 is 2.23 bits per heavy atom. The molecule has 0 radical (unpaired) electrons. The Balaban J connectivity index is 2.02. The average molecular weight is 292 g/mol. The molecule has 0 aliphatic carbocycles. The maximum Gasteiger partial charge on any atom is 0.338 e. The molecular weight excluding hydrogens is 276 g/mol. The van der Waals surface area contributed by atoms with Gasteiger partial charge in [-0.15, -0.1) is 0 Å². The van der Waals surface area contributed by atoms with Gasteiger partial charge in [-0.3, -0.25) is 4.79 Å². The van der Waals surface area contributed by atoms with Crippen molar-refractivity contribution in [1.29, 1.82) is 0 Å². The molecule has 0 aliphatic heterocycles. The zero-order chi connectivity index (χ0) is 15.9. The second-order valence-corrected chi connectivity index (χ2v) is 4.80. The van der Waals surface area contributed by atoms with Crippen molar-refractivity contribution in [2.45, 2.75) is 6.92 Å². The molecule has 0 aliphatic rings. The molecule has 0 bridgehead atoms. The minimum atomic E-state index is -0.456. The Labute approximate surface area is 129 Å². The molecule has 110 valence electrons. The first kappa shape index (κ1) is 15.4. The second-order valence-electron chi connectivity index (χ2n) is 4.80. The standard InChI is InChI=1S/C19H16O3/c1-14(2)19(21)22-17-11-8-15(9-12-17)10-13-18(20)16-6-4-3-5-7-16/h3-13H,1H2,2H3. The van der Waals surface area contributed by atoms with Crippen molar-refractivity contribution in [3.63, 3.8) is 0 Å². The molecule has 2 rings (SSSR count). The summed E-state index contributed by atoms with van der Waals surface area (Å²) in [5, 5.41) is 0. The number of hydrogen-bond donors (Lipinski definition) is 0. The fourth-order valence-electron chi connectivity index (χ4n) is 1.71. The van der Waals surface area contributed by atoms with Gasteiger partial charge in [-0.25, -0.2) is 4.79 Å². The van der Waals surface area contributed by atoms with E-state index in [0.717, 1.165) is 5.56 Å². The number of carbonyl (C=O) groups excluding carboxylic acids is 2. The van der Waals surface area contributed by atoms with E-state index >= 15 is 0 Å². The Morgan fingerprint density at radius 2 is 1.64 bits per heavy atom. The van der Waals surface area contributed by atoms with Crippen LogP contribution in [-0.2, 0) is 4.79 Å². The summed E-state index contributed by atoms with van der Waals surface area (Å²) >= 11 is 0. The SMILES string of the molecule is C=C(C)C(=O)Oc1ccc(C=CC(=O)c2ccccc2)cc1. The van der Waals surface area contributed by atoms with Crippen molar-refractivity contribution < 1.29 is 14.3 Å². The summed E-state index contributed by atoms with van der Waals surface area (Å²) in [7, 11) is 0. The highest BCUT2D eigenvalue weighted by atomic mass is 16.5. The molecule has 0 saturated carbocycles. The number of ketones is 1. The molecule has 2 aromatic rings. The van der Waals surface area contributed by atoms with Crippen molar-refractivity contribution >= 4 is 17.8 Å². The maximum atomic E-state index is 11.9. The molecule has 3 heteroatoms. The lowest BCUT2D eigenvalue weighted by molar-refractivity contribution is -0.130. The lowest BCUT2D eigenvalue weighted by Gasteiger charge is -2.03. The highest BCUT2D eigenvalue weighted by Crippen LogP contribution is 2.15. The molecule has 0 atom stereocenters. The van der Waals surface area contributed by atoms with Crippen LogP contribution in [0.2, 0.25) is 0 Å². The van der Waals surface area contributed by atoms with Crippen LogP contribution in [-0.4, -0.2) is 11.8 Å². The van der Waals surface area contributed by atoms with E-state index in [0.29, 0.717) is 16.9 Å². The molecule has 0 amide bonds. The first-order valence-corrected chi connectivity index (χ1v) is 6.81. The average Bonchev–Trinajstić information content (AvgIpc) is 2.54. The molecule has 0 spiro atoms. The van der Waals surface area contributed by atoms with Gasteiger partial charge in [-0.1, -0.05) is 55.1 Å². The first-order valence-electron chi connectivity index (χ1n) is 6.81. The summed E-state index contributed by atoms with van der Waals surface area (Å²) in [5.74, 6) is -0.0690. The van der Waals surface area contributed by atoms with Crippen molar-refractivity contribution in [3.05, 3.63) is 84.0 Å². The van der Waals surface area contributed by atoms with Crippen LogP contribution in [0.1, 0.15) is 22.8 Å². The van der Waals surface area contributed by atoms with E-state index in [1.165, 1.54) is 6.08 Å². The summed E-state index contributed by atoms with van der Waals surface area (Å²) in [5.41, 5.74) is 1.84. The molecule has 3 nitrogen and oxygen atoms in total. The third-order valence-corrected chi connectivity index (χ3v) is 2.92. The molecule has 0 N–H and O–H groups in total. The van der Waals surface area contributed by atoms with Gasteiger partial charge in [-0.05, 0) is 30.7 Å². The zero-order valence-electron chi connectivity index (χ0n) is 12.3. The number of rotatable bonds is 5. The van der Waals surface area contributed by atoms with Crippen molar-refractivity contribution in [3.8, 4) is 5.75 Å². The minimum Gasteiger partial charge on any atom is -0.423 e. The largest absolute Gasteiger partial charge is 0.423 e. The molecular formula is C19H16O3. The molecule has 0 saturated heterocycles. The monoisotopic (exact) mass is 292 g/mol. The number of benzene rings is 2. The second kappa shape index (κ2) is 7.18. The molecule has 22 heavy (non-hydrogen) atoms. The Morgan fingerprint density at radius 1 is 1.00 bits per heavy atom. The Kier molecular flexibility index (Phi) is 5.04. The zero-order valence-corrected chi connectivity index (χ0v) is 12.3. The summed E-state index contributed by atoms with van der Waals surface area (Å²) < 4.78 is 5.10. The van der Waals surface area contributed by atoms with E-state index in [2.05, 4.69) is 6.58 Å².